The van der Waals surface area contributed by atoms with Crippen LogP contribution in [0.1, 0.15) is 11.1 Å². The first kappa shape index (κ1) is 23.9. The van der Waals surface area contributed by atoms with Crippen LogP contribution in [0.15, 0.2) is 60.7 Å². The van der Waals surface area contributed by atoms with E-state index in [4.69, 9.17) is 4.74 Å². The topological polar surface area (TPSA) is 32.8 Å². The number of carbonyl (C=O) groups is 1. The van der Waals surface area contributed by atoms with Crippen LogP contribution in [-0.4, -0.2) is 56.9 Å². The number of ketones is 1. The second-order valence-electron chi connectivity index (χ2n) is 7.30. The van der Waals surface area contributed by atoms with Crippen molar-refractivity contribution in [1.82, 2.24) is 9.80 Å². The molecule has 4 nitrogen and oxygen atoms in total. The van der Waals surface area contributed by atoms with Gasteiger partial charge in [-0.1, -0.05) is 48.5 Å². The van der Waals surface area contributed by atoms with Crippen molar-refractivity contribution >= 4 is 24.3 Å². The van der Waals surface area contributed by atoms with Crippen LogP contribution in [0.3, 0.4) is 0 Å². The number of rotatable bonds is 10. The van der Waals surface area contributed by atoms with Crippen molar-refractivity contribution in [3.8, 4) is 5.75 Å². The van der Waals surface area contributed by atoms with Gasteiger partial charge in [-0.25, -0.2) is 0 Å². The smallest absolute Gasteiger partial charge is 0.161 e. The van der Waals surface area contributed by atoms with Gasteiger partial charge in [-0.2, -0.15) is 0 Å². The Morgan fingerprint density at radius 1 is 0.929 bits per heavy atom. The Labute approximate surface area is 175 Å². The summed E-state index contributed by atoms with van der Waals surface area (Å²) in [5, 5.41) is 0. The predicted octanol–water partition coefficient (Wildman–Crippen LogP) is 4.01. The summed E-state index contributed by atoms with van der Waals surface area (Å²) in [4.78, 5) is 16.7. The zero-order valence-corrected chi connectivity index (χ0v) is 18.0. The highest BCUT2D eigenvalue weighted by atomic mass is 35.5. The lowest BCUT2D eigenvalue weighted by Crippen LogP contribution is -2.34. The van der Waals surface area contributed by atoms with Crippen molar-refractivity contribution in [2.24, 2.45) is 5.92 Å². The third kappa shape index (κ3) is 8.70. The summed E-state index contributed by atoms with van der Waals surface area (Å²) < 4.78 is 5.80. The summed E-state index contributed by atoms with van der Waals surface area (Å²) in [7, 11) is 7.98. The van der Waals surface area contributed by atoms with Gasteiger partial charge in [0.15, 0.2) is 5.78 Å². The molecule has 0 saturated carbocycles. The normalized spacial score (nSPS) is 11.2. The van der Waals surface area contributed by atoms with Gasteiger partial charge in [0.05, 0.1) is 0 Å². The minimum absolute atomic E-state index is 0. The van der Waals surface area contributed by atoms with E-state index in [0.717, 1.165) is 30.0 Å². The van der Waals surface area contributed by atoms with Gasteiger partial charge in [-0.15, -0.1) is 12.4 Å². The predicted molar refractivity (Wildman–Crippen MR) is 119 cm³/mol. The summed E-state index contributed by atoms with van der Waals surface area (Å²) >= 11 is 0. The highest BCUT2D eigenvalue weighted by molar-refractivity contribution is 5.95. The molecule has 2 aromatic rings. The standard InChI is InChI=1S/C23H30N2O2.ClH/c1-24(2)16-21(17-25(3)4)23(26)15-12-19-10-13-22(14-11-19)27-18-20-8-6-5-7-9-20;/h5-15,21H,16-18H2,1-4H3;1H/b15-12+;. The Morgan fingerprint density at radius 3 is 2.04 bits per heavy atom. The van der Waals surface area contributed by atoms with Crippen LogP contribution in [0.25, 0.3) is 6.08 Å². The number of hydrogen-bond acceptors (Lipinski definition) is 4. The van der Waals surface area contributed by atoms with Crippen LogP contribution in [-0.2, 0) is 11.4 Å². The molecule has 0 saturated heterocycles. The van der Waals surface area contributed by atoms with Crippen molar-refractivity contribution in [3.05, 3.63) is 71.8 Å². The Balaban J connectivity index is 0.00000392. The van der Waals surface area contributed by atoms with Crippen molar-refractivity contribution in [2.45, 2.75) is 6.61 Å². The molecule has 0 radical (unpaired) electrons. The van der Waals surface area contributed by atoms with Gasteiger partial charge >= 0.3 is 0 Å². The molecular weight excluding hydrogens is 372 g/mol. The van der Waals surface area contributed by atoms with Gasteiger partial charge in [0.2, 0.25) is 0 Å². The molecule has 2 rings (SSSR count). The third-order valence-corrected chi connectivity index (χ3v) is 4.14. The zero-order valence-electron chi connectivity index (χ0n) is 17.2. The second-order valence-corrected chi connectivity index (χ2v) is 7.30. The average molecular weight is 403 g/mol. The molecule has 0 amide bonds. The molecule has 0 bridgehead atoms. The first-order valence-electron chi connectivity index (χ1n) is 9.22. The van der Waals surface area contributed by atoms with E-state index in [1.54, 1.807) is 6.08 Å². The summed E-state index contributed by atoms with van der Waals surface area (Å²) in [6.07, 6.45) is 3.57. The van der Waals surface area contributed by atoms with Gasteiger partial charge in [0, 0.05) is 19.0 Å². The number of halogens is 1. The maximum atomic E-state index is 12.5. The van der Waals surface area contributed by atoms with E-state index in [2.05, 4.69) is 9.80 Å². The van der Waals surface area contributed by atoms with Gasteiger partial charge in [-0.3, -0.25) is 4.79 Å². The largest absolute Gasteiger partial charge is 0.489 e. The first-order valence-corrected chi connectivity index (χ1v) is 9.22. The summed E-state index contributed by atoms with van der Waals surface area (Å²) in [5.41, 5.74) is 2.13. The number of ether oxygens (including phenoxy) is 1. The second kappa shape index (κ2) is 12.3. The monoisotopic (exact) mass is 402 g/mol. The Morgan fingerprint density at radius 2 is 1.50 bits per heavy atom. The molecule has 2 aromatic carbocycles. The molecule has 0 N–H and O–H groups in total. The van der Waals surface area contributed by atoms with Gasteiger partial charge in [0.25, 0.3) is 0 Å². The molecule has 0 aliphatic carbocycles. The van der Waals surface area contributed by atoms with Crippen LogP contribution < -0.4 is 4.74 Å². The third-order valence-electron chi connectivity index (χ3n) is 4.14. The Hall–Kier alpha value is -2.14. The highest BCUT2D eigenvalue weighted by Crippen LogP contribution is 2.15. The number of benzene rings is 2. The molecule has 152 valence electrons. The van der Waals surface area contributed by atoms with Crippen molar-refractivity contribution in [1.29, 1.82) is 0 Å². The van der Waals surface area contributed by atoms with Gasteiger partial charge < -0.3 is 14.5 Å². The number of allylic oxidation sites excluding steroid dienone is 1. The van der Waals surface area contributed by atoms with Gasteiger partial charge in [-0.05, 0) is 57.5 Å². The van der Waals surface area contributed by atoms with Crippen LogP contribution in [0, 0.1) is 5.92 Å². The molecular formula is C23H31ClN2O2. The van der Waals surface area contributed by atoms with E-state index in [0.29, 0.717) is 6.61 Å². The lowest BCUT2D eigenvalue weighted by atomic mass is 10.0. The average Bonchev–Trinajstić information content (AvgIpc) is 2.65. The van der Waals surface area contributed by atoms with Gasteiger partial charge in [0.1, 0.15) is 12.4 Å². The van der Waals surface area contributed by atoms with E-state index >= 15 is 0 Å². The fraction of sp³-hybridized carbons (Fsp3) is 0.348. The minimum Gasteiger partial charge on any atom is -0.489 e. The molecule has 0 aliphatic rings. The Bertz CT molecular complexity index is 718. The van der Waals surface area contributed by atoms with Crippen molar-refractivity contribution in [3.63, 3.8) is 0 Å². The SMILES string of the molecule is CN(C)CC(CN(C)C)C(=O)/C=C/c1ccc(OCc2ccccc2)cc1.Cl. The molecule has 0 spiro atoms. The number of nitrogens with zero attached hydrogens (tertiary/aromatic N) is 2. The van der Waals surface area contributed by atoms with Crippen LogP contribution >= 0.6 is 12.4 Å². The first-order chi connectivity index (χ1) is 12.9. The molecule has 0 aromatic heterocycles. The highest BCUT2D eigenvalue weighted by Gasteiger charge is 2.17. The molecule has 0 unspecified atom stereocenters. The van der Waals surface area contributed by atoms with E-state index in [1.165, 1.54) is 0 Å². The molecule has 28 heavy (non-hydrogen) atoms. The maximum Gasteiger partial charge on any atom is 0.161 e. The molecule has 5 heteroatoms. The maximum absolute atomic E-state index is 12.5. The van der Waals surface area contributed by atoms with E-state index < -0.39 is 0 Å². The summed E-state index contributed by atoms with van der Waals surface area (Å²) in [5.74, 6) is 0.946. The molecule has 0 heterocycles. The quantitative estimate of drug-likeness (QED) is 0.562. The summed E-state index contributed by atoms with van der Waals surface area (Å²) in [6.45, 7) is 2.03. The van der Waals surface area contributed by atoms with Crippen LogP contribution in [0.5, 0.6) is 5.75 Å². The molecule has 0 fully saturated rings. The Kier molecular flexibility index (Phi) is 10.5. The molecule has 0 atom stereocenters. The lowest BCUT2D eigenvalue weighted by molar-refractivity contribution is -0.119. The molecule has 0 aliphatic heterocycles. The van der Waals surface area contributed by atoms with E-state index in [9.17, 15) is 4.79 Å². The van der Waals surface area contributed by atoms with Crippen LogP contribution in [0.4, 0.5) is 0 Å². The van der Waals surface area contributed by atoms with E-state index in [-0.39, 0.29) is 24.1 Å². The minimum atomic E-state index is -0.0280. The van der Waals surface area contributed by atoms with E-state index in [1.807, 2.05) is 88.9 Å². The fourth-order valence-corrected chi connectivity index (χ4v) is 2.85. The lowest BCUT2D eigenvalue weighted by Gasteiger charge is -2.22. The van der Waals surface area contributed by atoms with Crippen molar-refractivity contribution in [2.75, 3.05) is 41.3 Å². The van der Waals surface area contributed by atoms with Crippen molar-refractivity contribution < 1.29 is 9.53 Å². The zero-order chi connectivity index (χ0) is 19.6. The number of hydrogen-bond donors (Lipinski definition) is 0. The number of carbonyl (C=O) groups excluding carboxylic acids is 1. The fourth-order valence-electron chi connectivity index (χ4n) is 2.85. The van der Waals surface area contributed by atoms with Crippen LogP contribution in [0.2, 0.25) is 0 Å². The summed E-state index contributed by atoms with van der Waals surface area (Å²) in [6, 6.07) is 17.9.